The molecule has 100 valence electrons. The molecule has 1 saturated carbocycles. The number of amides is 1. The van der Waals surface area contributed by atoms with Gasteiger partial charge in [0, 0.05) is 24.0 Å². The molecular formula is C13H16N4OS. The summed E-state index contributed by atoms with van der Waals surface area (Å²) in [4.78, 5) is 16.4. The highest BCUT2D eigenvalue weighted by atomic mass is 32.1. The predicted molar refractivity (Wildman–Crippen MR) is 73.2 cm³/mol. The molecule has 0 radical (unpaired) electrons. The summed E-state index contributed by atoms with van der Waals surface area (Å²) in [6.07, 6.45) is 4.32. The molecule has 0 unspecified atom stereocenters. The number of carbonyl (C=O) groups excluding carboxylic acids is 1. The predicted octanol–water partition coefficient (Wildman–Crippen LogP) is 2.17. The van der Waals surface area contributed by atoms with Crippen molar-refractivity contribution in [2.45, 2.75) is 38.8 Å². The van der Waals surface area contributed by atoms with Gasteiger partial charge >= 0.3 is 0 Å². The Bertz CT molecular complexity index is 585. The van der Waals surface area contributed by atoms with Crippen LogP contribution in [0.2, 0.25) is 0 Å². The summed E-state index contributed by atoms with van der Waals surface area (Å²) >= 11 is 1.69. The Labute approximate surface area is 115 Å². The first-order chi connectivity index (χ1) is 9.26. The van der Waals surface area contributed by atoms with E-state index in [0.717, 1.165) is 12.2 Å². The lowest BCUT2D eigenvalue weighted by Crippen LogP contribution is -2.23. The summed E-state index contributed by atoms with van der Waals surface area (Å²) in [5, 5.41) is 10.3. The van der Waals surface area contributed by atoms with Crippen LogP contribution in [0.15, 0.2) is 17.6 Å². The molecule has 0 aliphatic heterocycles. The Kier molecular flexibility index (Phi) is 3.33. The van der Waals surface area contributed by atoms with Gasteiger partial charge in [-0.15, -0.1) is 11.3 Å². The number of thiazole rings is 1. The van der Waals surface area contributed by atoms with Crippen molar-refractivity contribution in [2.24, 2.45) is 0 Å². The van der Waals surface area contributed by atoms with Crippen molar-refractivity contribution in [1.82, 2.24) is 20.1 Å². The van der Waals surface area contributed by atoms with Crippen LogP contribution in [0.1, 0.15) is 46.9 Å². The third kappa shape index (κ3) is 2.84. The summed E-state index contributed by atoms with van der Waals surface area (Å²) in [5.41, 5.74) is 1.40. The largest absolute Gasteiger partial charge is 0.345 e. The monoisotopic (exact) mass is 276 g/mol. The van der Waals surface area contributed by atoms with Gasteiger partial charge in [-0.3, -0.25) is 9.48 Å². The van der Waals surface area contributed by atoms with Crippen molar-refractivity contribution in [3.63, 3.8) is 0 Å². The second-order valence-corrected chi connectivity index (χ2v) is 5.58. The van der Waals surface area contributed by atoms with Gasteiger partial charge in [-0.2, -0.15) is 5.10 Å². The second kappa shape index (κ2) is 5.13. The van der Waals surface area contributed by atoms with Crippen molar-refractivity contribution < 1.29 is 4.79 Å². The minimum Gasteiger partial charge on any atom is -0.345 e. The maximum atomic E-state index is 11.9. The van der Waals surface area contributed by atoms with E-state index in [1.807, 2.05) is 18.5 Å². The minimum atomic E-state index is -0.145. The van der Waals surface area contributed by atoms with Crippen molar-refractivity contribution in [3.8, 4) is 0 Å². The Morgan fingerprint density at radius 1 is 1.58 bits per heavy atom. The van der Waals surface area contributed by atoms with Crippen LogP contribution in [0.25, 0.3) is 0 Å². The van der Waals surface area contributed by atoms with E-state index in [4.69, 9.17) is 0 Å². The van der Waals surface area contributed by atoms with E-state index in [2.05, 4.69) is 15.4 Å². The third-order valence-electron chi connectivity index (χ3n) is 3.12. The molecule has 1 aliphatic rings. The first kappa shape index (κ1) is 12.3. The zero-order valence-electron chi connectivity index (χ0n) is 10.8. The zero-order valence-corrected chi connectivity index (χ0v) is 11.6. The van der Waals surface area contributed by atoms with E-state index in [0.29, 0.717) is 18.2 Å². The van der Waals surface area contributed by atoms with Gasteiger partial charge in [0.2, 0.25) is 0 Å². The molecule has 1 amide bonds. The Balaban J connectivity index is 1.56. The molecule has 0 saturated heterocycles. The summed E-state index contributed by atoms with van der Waals surface area (Å²) in [6.45, 7) is 3.23. The lowest BCUT2D eigenvalue weighted by Gasteiger charge is -2.00. The molecule has 2 aromatic rings. The number of aryl methyl sites for hydroxylation is 1. The highest BCUT2D eigenvalue weighted by Gasteiger charge is 2.26. The van der Waals surface area contributed by atoms with Crippen LogP contribution in [0, 0.1) is 0 Å². The van der Waals surface area contributed by atoms with Gasteiger partial charge in [0.15, 0.2) is 0 Å². The van der Waals surface area contributed by atoms with E-state index >= 15 is 0 Å². The Morgan fingerprint density at radius 3 is 3.11 bits per heavy atom. The van der Waals surface area contributed by atoms with Crippen LogP contribution in [0.4, 0.5) is 0 Å². The third-order valence-corrected chi connectivity index (χ3v) is 4.18. The quantitative estimate of drug-likeness (QED) is 0.910. The molecule has 0 spiro atoms. The van der Waals surface area contributed by atoms with Crippen LogP contribution in [0.5, 0.6) is 0 Å². The summed E-state index contributed by atoms with van der Waals surface area (Å²) < 4.78 is 1.74. The topological polar surface area (TPSA) is 59.8 Å². The van der Waals surface area contributed by atoms with Gasteiger partial charge in [0.1, 0.15) is 5.69 Å². The fourth-order valence-electron chi connectivity index (χ4n) is 1.84. The Hall–Kier alpha value is -1.69. The molecule has 0 atom stereocenters. The normalized spacial score (nSPS) is 14.6. The average molecular weight is 276 g/mol. The van der Waals surface area contributed by atoms with Gasteiger partial charge < -0.3 is 5.32 Å². The van der Waals surface area contributed by atoms with Crippen LogP contribution >= 0.6 is 11.3 Å². The molecular weight excluding hydrogens is 260 g/mol. The van der Waals surface area contributed by atoms with E-state index in [9.17, 15) is 4.79 Å². The Morgan fingerprint density at radius 2 is 2.42 bits per heavy atom. The average Bonchev–Trinajstić information content (AvgIpc) is 2.99. The standard InChI is InChI=1S/C13H16N4OS/c1-2-17-6-5-11(16-17)12(18)14-7-10-8-19-13(15-10)9-3-4-9/h5-6,8-9H,2-4,7H2,1H3,(H,14,18). The molecule has 2 aromatic heterocycles. The van der Waals surface area contributed by atoms with Crippen LogP contribution in [-0.2, 0) is 13.1 Å². The van der Waals surface area contributed by atoms with Crippen molar-refractivity contribution >= 4 is 17.2 Å². The first-order valence-corrected chi connectivity index (χ1v) is 7.40. The number of carbonyl (C=O) groups is 1. The first-order valence-electron chi connectivity index (χ1n) is 6.52. The molecule has 2 heterocycles. The van der Waals surface area contributed by atoms with Gasteiger partial charge in [0.25, 0.3) is 5.91 Å². The molecule has 6 heteroatoms. The molecule has 3 rings (SSSR count). The smallest absolute Gasteiger partial charge is 0.272 e. The minimum absolute atomic E-state index is 0.145. The maximum absolute atomic E-state index is 11.9. The molecule has 0 bridgehead atoms. The van der Waals surface area contributed by atoms with Gasteiger partial charge in [-0.1, -0.05) is 0 Å². The van der Waals surface area contributed by atoms with Crippen LogP contribution in [0.3, 0.4) is 0 Å². The van der Waals surface area contributed by atoms with Gasteiger partial charge in [-0.25, -0.2) is 4.98 Å². The van der Waals surface area contributed by atoms with Gasteiger partial charge in [0.05, 0.1) is 17.2 Å². The zero-order chi connectivity index (χ0) is 13.2. The lowest BCUT2D eigenvalue weighted by atomic mass is 10.4. The number of rotatable bonds is 5. The van der Waals surface area contributed by atoms with Crippen LogP contribution < -0.4 is 5.32 Å². The number of nitrogens with zero attached hydrogens (tertiary/aromatic N) is 3. The summed E-state index contributed by atoms with van der Waals surface area (Å²) in [6, 6.07) is 1.73. The summed E-state index contributed by atoms with van der Waals surface area (Å²) in [7, 11) is 0. The SMILES string of the molecule is CCn1ccc(C(=O)NCc2csc(C3CC3)n2)n1. The van der Waals surface area contributed by atoms with E-state index < -0.39 is 0 Å². The molecule has 1 fully saturated rings. The molecule has 0 aromatic carbocycles. The maximum Gasteiger partial charge on any atom is 0.272 e. The number of aromatic nitrogens is 3. The highest BCUT2D eigenvalue weighted by Crippen LogP contribution is 2.41. The van der Waals surface area contributed by atoms with E-state index in [-0.39, 0.29) is 5.91 Å². The lowest BCUT2D eigenvalue weighted by molar-refractivity contribution is 0.0944. The van der Waals surface area contributed by atoms with E-state index in [1.54, 1.807) is 22.1 Å². The number of hydrogen-bond acceptors (Lipinski definition) is 4. The number of hydrogen-bond donors (Lipinski definition) is 1. The fraction of sp³-hybridized carbons (Fsp3) is 0.462. The van der Waals surface area contributed by atoms with Crippen molar-refractivity contribution in [3.05, 3.63) is 34.0 Å². The summed E-state index contributed by atoms with van der Waals surface area (Å²) in [5.74, 6) is 0.530. The van der Waals surface area contributed by atoms with Crippen molar-refractivity contribution in [2.75, 3.05) is 0 Å². The highest BCUT2D eigenvalue weighted by molar-refractivity contribution is 7.09. The molecule has 19 heavy (non-hydrogen) atoms. The van der Waals surface area contributed by atoms with Crippen LogP contribution in [-0.4, -0.2) is 20.7 Å². The molecule has 1 aliphatic carbocycles. The number of nitrogens with one attached hydrogen (secondary N) is 1. The molecule has 1 N–H and O–H groups in total. The molecule has 5 nitrogen and oxygen atoms in total. The van der Waals surface area contributed by atoms with Gasteiger partial charge in [-0.05, 0) is 25.8 Å². The van der Waals surface area contributed by atoms with E-state index in [1.165, 1.54) is 17.8 Å². The second-order valence-electron chi connectivity index (χ2n) is 4.69. The van der Waals surface area contributed by atoms with Crippen molar-refractivity contribution in [1.29, 1.82) is 0 Å². The fourth-order valence-corrected chi connectivity index (χ4v) is 2.83.